The lowest BCUT2D eigenvalue weighted by atomic mass is 9.77. The Bertz CT molecular complexity index is 667. The molecular formula is C18H20BrNO. The predicted molar refractivity (Wildman–Crippen MR) is 89.5 cm³/mol. The lowest BCUT2D eigenvalue weighted by Crippen LogP contribution is -2.24. The van der Waals surface area contributed by atoms with Gasteiger partial charge in [-0.15, -0.1) is 0 Å². The molecular weight excluding hydrogens is 326 g/mol. The molecule has 0 spiro atoms. The van der Waals surface area contributed by atoms with Gasteiger partial charge in [-0.25, -0.2) is 4.98 Å². The summed E-state index contributed by atoms with van der Waals surface area (Å²) in [6, 6.07) is 9.95. The molecule has 2 nitrogen and oxygen atoms in total. The third-order valence-electron chi connectivity index (χ3n) is 4.64. The minimum absolute atomic E-state index is 0.147. The molecule has 3 rings (SSSR count). The first-order chi connectivity index (χ1) is 10.2. The van der Waals surface area contributed by atoms with Crippen molar-refractivity contribution in [1.29, 1.82) is 0 Å². The average Bonchev–Trinajstić information content (AvgIpc) is 2.53. The molecule has 2 unspecified atom stereocenters. The molecule has 1 fully saturated rings. The Balaban J connectivity index is 1.92. The molecule has 1 heterocycles. The molecule has 1 aliphatic rings. The van der Waals surface area contributed by atoms with Crippen LogP contribution in [0.4, 0.5) is 0 Å². The van der Waals surface area contributed by atoms with E-state index in [1.165, 1.54) is 19.3 Å². The monoisotopic (exact) mass is 345 g/mol. The summed E-state index contributed by atoms with van der Waals surface area (Å²) in [6.07, 6.45) is 5.65. The van der Waals surface area contributed by atoms with Crippen LogP contribution in [0.2, 0.25) is 0 Å². The van der Waals surface area contributed by atoms with E-state index in [-0.39, 0.29) is 11.7 Å². The van der Waals surface area contributed by atoms with Gasteiger partial charge in [0.05, 0.1) is 5.52 Å². The molecule has 2 aromatic rings. The smallest absolute Gasteiger partial charge is 0.185 e. The fraction of sp³-hybridized carbons (Fsp3) is 0.444. The number of fused-ring (bicyclic) bond motifs is 1. The van der Waals surface area contributed by atoms with Crippen LogP contribution in [0.5, 0.6) is 0 Å². The Morgan fingerprint density at radius 1 is 1.33 bits per heavy atom. The third-order valence-corrected chi connectivity index (χ3v) is 5.25. The first-order valence-electron chi connectivity index (χ1n) is 7.78. The van der Waals surface area contributed by atoms with Crippen molar-refractivity contribution in [1.82, 2.24) is 4.98 Å². The molecule has 110 valence electrons. The van der Waals surface area contributed by atoms with Gasteiger partial charge in [0.15, 0.2) is 5.78 Å². The number of carbonyl (C=O) groups is 1. The Kier molecular flexibility index (Phi) is 4.39. The van der Waals surface area contributed by atoms with Crippen LogP contribution in [0, 0.1) is 11.8 Å². The lowest BCUT2D eigenvalue weighted by molar-refractivity contribution is 0.0856. The SMILES string of the molecule is CCC1CCCC(C(=O)c2nc3ccccc3cc2Br)C1. The van der Waals surface area contributed by atoms with Gasteiger partial charge in [-0.3, -0.25) is 4.79 Å². The molecule has 1 aromatic carbocycles. The van der Waals surface area contributed by atoms with Crippen LogP contribution in [-0.4, -0.2) is 10.8 Å². The van der Waals surface area contributed by atoms with E-state index in [1.807, 2.05) is 30.3 Å². The first kappa shape index (κ1) is 14.7. The van der Waals surface area contributed by atoms with Gasteiger partial charge in [-0.1, -0.05) is 44.4 Å². The highest BCUT2D eigenvalue weighted by Crippen LogP contribution is 2.34. The molecule has 1 saturated carbocycles. The summed E-state index contributed by atoms with van der Waals surface area (Å²) in [6.45, 7) is 2.22. The quantitative estimate of drug-likeness (QED) is 0.697. The summed E-state index contributed by atoms with van der Waals surface area (Å²) in [5, 5.41) is 1.07. The summed E-state index contributed by atoms with van der Waals surface area (Å²) in [7, 11) is 0. The first-order valence-corrected chi connectivity index (χ1v) is 8.58. The van der Waals surface area contributed by atoms with E-state index in [0.29, 0.717) is 11.6 Å². The Morgan fingerprint density at radius 3 is 2.95 bits per heavy atom. The number of aromatic nitrogens is 1. The van der Waals surface area contributed by atoms with Crippen LogP contribution in [0.3, 0.4) is 0 Å². The summed E-state index contributed by atoms with van der Waals surface area (Å²) in [5.41, 5.74) is 1.50. The molecule has 1 aliphatic carbocycles. The van der Waals surface area contributed by atoms with Gasteiger partial charge in [-0.2, -0.15) is 0 Å². The Morgan fingerprint density at radius 2 is 2.14 bits per heavy atom. The van der Waals surface area contributed by atoms with E-state index in [2.05, 4.69) is 27.8 Å². The molecule has 2 atom stereocenters. The number of benzene rings is 1. The van der Waals surface area contributed by atoms with Crippen LogP contribution < -0.4 is 0 Å². The van der Waals surface area contributed by atoms with Gasteiger partial charge >= 0.3 is 0 Å². The molecule has 0 saturated heterocycles. The van der Waals surface area contributed by atoms with Crippen molar-refractivity contribution in [3.05, 3.63) is 40.5 Å². The van der Waals surface area contributed by atoms with E-state index in [9.17, 15) is 4.79 Å². The van der Waals surface area contributed by atoms with Gasteiger partial charge in [0.1, 0.15) is 5.69 Å². The molecule has 0 bridgehead atoms. The molecule has 0 N–H and O–H groups in total. The third kappa shape index (κ3) is 3.03. The molecule has 1 aromatic heterocycles. The number of carbonyl (C=O) groups excluding carboxylic acids is 1. The lowest BCUT2D eigenvalue weighted by Gasteiger charge is -2.27. The largest absolute Gasteiger partial charge is 0.292 e. The number of halogens is 1. The standard InChI is InChI=1S/C18H20BrNO/c1-2-12-6-5-8-14(10-12)18(21)17-15(19)11-13-7-3-4-9-16(13)20-17/h3-4,7,9,11-12,14H,2,5-6,8,10H2,1H3. The zero-order valence-corrected chi connectivity index (χ0v) is 13.9. The number of pyridine rings is 1. The second kappa shape index (κ2) is 6.27. The highest BCUT2D eigenvalue weighted by Gasteiger charge is 2.29. The van der Waals surface area contributed by atoms with E-state index in [4.69, 9.17) is 0 Å². The van der Waals surface area contributed by atoms with Crippen LogP contribution in [-0.2, 0) is 0 Å². The van der Waals surface area contributed by atoms with Crippen molar-refractivity contribution in [2.45, 2.75) is 39.0 Å². The van der Waals surface area contributed by atoms with Crippen molar-refractivity contribution in [3.8, 4) is 0 Å². The summed E-state index contributed by atoms with van der Waals surface area (Å²) in [4.78, 5) is 17.4. The molecule has 21 heavy (non-hydrogen) atoms. The van der Waals surface area contributed by atoms with Crippen LogP contribution >= 0.6 is 15.9 Å². The average molecular weight is 346 g/mol. The Hall–Kier alpha value is -1.22. The van der Waals surface area contributed by atoms with Gasteiger partial charge < -0.3 is 0 Å². The summed E-state index contributed by atoms with van der Waals surface area (Å²) < 4.78 is 0.824. The zero-order chi connectivity index (χ0) is 14.8. The second-order valence-corrected chi connectivity index (χ2v) is 6.87. The van der Waals surface area contributed by atoms with E-state index in [1.54, 1.807) is 0 Å². The van der Waals surface area contributed by atoms with Crippen molar-refractivity contribution in [3.63, 3.8) is 0 Å². The molecule has 0 aliphatic heterocycles. The minimum Gasteiger partial charge on any atom is -0.292 e. The number of hydrogen-bond acceptors (Lipinski definition) is 2. The maximum atomic E-state index is 12.8. The van der Waals surface area contributed by atoms with Gasteiger partial charge in [0.25, 0.3) is 0 Å². The molecule has 0 radical (unpaired) electrons. The van der Waals surface area contributed by atoms with Crippen molar-refractivity contribution < 1.29 is 4.79 Å². The Labute approximate surface area is 134 Å². The second-order valence-electron chi connectivity index (χ2n) is 6.01. The minimum atomic E-state index is 0.147. The summed E-state index contributed by atoms with van der Waals surface area (Å²) in [5.74, 6) is 1.06. The number of nitrogens with zero attached hydrogens (tertiary/aromatic N) is 1. The fourth-order valence-electron chi connectivity index (χ4n) is 3.36. The maximum Gasteiger partial charge on any atom is 0.185 e. The summed E-state index contributed by atoms with van der Waals surface area (Å²) >= 11 is 3.53. The van der Waals surface area contributed by atoms with E-state index in [0.717, 1.165) is 28.2 Å². The number of Topliss-reactive ketones (excluding diaryl/α,β-unsaturated/α-hetero) is 1. The van der Waals surface area contributed by atoms with Crippen molar-refractivity contribution in [2.75, 3.05) is 0 Å². The van der Waals surface area contributed by atoms with Gasteiger partial charge in [0, 0.05) is 15.8 Å². The maximum absolute atomic E-state index is 12.8. The molecule has 0 amide bonds. The molecule has 3 heteroatoms. The van der Waals surface area contributed by atoms with Crippen LogP contribution in [0.25, 0.3) is 10.9 Å². The van der Waals surface area contributed by atoms with Gasteiger partial charge in [-0.05, 0) is 46.8 Å². The normalized spacial score (nSPS) is 22.4. The van der Waals surface area contributed by atoms with Crippen molar-refractivity contribution in [2.24, 2.45) is 11.8 Å². The van der Waals surface area contributed by atoms with Crippen LogP contribution in [0.1, 0.15) is 49.5 Å². The van der Waals surface area contributed by atoms with E-state index < -0.39 is 0 Å². The number of ketones is 1. The highest BCUT2D eigenvalue weighted by molar-refractivity contribution is 9.10. The topological polar surface area (TPSA) is 30.0 Å². The predicted octanol–water partition coefficient (Wildman–Crippen LogP) is 5.40. The van der Waals surface area contributed by atoms with Gasteiger partial charge in [0.2, 0.25) is 0 Å². The van der Waals surface area contributed by atoms with Crippen LogP contribution in [0.15, 0.2) is 34.8 Å². The van der Waals surface area contributed by atoms with E-state index >= 15 is 0 Å². The number of para-hydroxylation sites is 1. The zero-order valence-electron chi connectivity index (χ0n) is 12.3. The van der Waals surface area contributed by atoms with Crippen molar-refractivity contribution >= 4 is 32.6 Å². The number of rotatable bonds is 3. The number of hydrogen-bond donors (Lipinski definition) is 0. The fourth-order valence-corrected chi connectivity index (χ4v) is 3.89. The highest BCUT2D eigenvalue weighted by atomic mass is 79.9.